The summed E-state index contributed by atoms with van der Waals surface area (Å²) in [5.41, 5.74) is 3.95. The quantitative estimate of drug-likeness (QED) is 0.696. The molecule has 0 bridgehead atoms. The Balaban J connectivity index is 1.83. The van der Waals surface area contributed by atoms with Crippen LogP contribution in [-0.2, 0) is 23.4 Å². The van der Waals surface area contributed by atoms with Gasteiger partial charge in [-0.05, 0) is 63.1 Å². The van der Waals surface area contributed by atoms with Crippen molar-refractivity contribution in [2.45, 2.75) is 84.8 Å². The minimum atomic E-state index is -4.04. The van der Waals surface area contributed by atoms with E-state index in [0.29, 0.717) is 18.7 Å². The third-order valence-corrected chi connectivity index (χ3v) is 8.10. The topological polar surface area (TPSA) is 73.5 Å². The highest BCUT2D eigenvalue weighted by molar-refractivity contribution is 7.84. The molecule has 1 aromatic carbocycles. The lowest BCUT2D eigenvalue weighted by Gasteiger charge is -2.30. The van der Waals surface area contributed by atoms with Gasteiger partial charge in [0.15, 0.2) is 0 Å². The summed E-state index contributed by atoms with van der Waals surface area (Å²) in [5, 5.41) is 0. The second-order valence-corrected chi connectivity index (χ2v) is 10.7. The highest BCUT2D eigenvalue weighted by Gasteiger charge is 2.34. The summed E-state index contributed by atoms with van der Waals surface area (Å²) >= 11 is 0. The minimum Gasteiger partial charge on any atom is -0.349 e. The van der Waals surface area contributed by atoms with Gasteiger partial charge in [-0.3, -0.25) is 4.79 Å². The van der Waals surface area contributed by atoms with Crippen molar-refractivity contribution < 1.29 is 12.6 Å². The van der Waals surface area contributed by atoms with Crippen LogP contribution >= 0.6 is 0 Å². The monoisotopic (exact) mass is 447 g/mol. The smallest absolute Gasteiger partial charge is 0.349 e. The van der Waals surface area contributed by atoms with E-state index in [0.717, 1.165) is 67.2 Å². The van der Waals surface area contributed by atoms with Crippen LogP contribution in [0.15, 0.2) is 16.9 Å². The molecular weight excluding hydrogens is 414 g/mol. The van der Waals surface area contributed by atoms with Crippen molar-refractivity contribution in [1.29, 1.82) is 0 Å². The van der Waals surface area contributed by atoms with Gasteiger partial charge in [0.1, 0.15) is 5.56 Å². The van der Waals surface area contributed by atoms with E-state index in [4.69, 9.17) is 4.18 Å². The fourth-order valence-corrected chi connectivity index (χ4v) is 6.26. The molecule has 1 aliphatic heterocycles. The van der Waals surface area contributed by atoms with Gasteiger partial charge in [0.05, 0.1) is 0 Å². The summed E-state index contributed by atoms with van der Waals surface area (Å²) in [6.07, 6.45) is 6.66. The molecule has 0 saturated heterocycles. The Morgan fingerprint density at radius 2 is 1.48 bits per heavy atom. The van der Waals surface area contributed by atoms with Crippen LogP contribution in [0, 0.1) is 20.8 Å². The molecule has 0 unspecified atom stereocenters. The maximum atomic E-state index is 13.4. The number of rotatable bonds is 5. The summed E-state index contributed by atoms with van der Waals surface area (Å²) in [5.74, 6) is 0.155. The molecule has 4 rings (SSSR count). The first-order chi connectivity index (χ1) is 14.7. The predicted molar refractivity (Wildman–Crippen MR) is 122 cm³/mol. The zero-order chi connectivity index (χ0) is 22.3. The number of nitrogens with zero attached hydrogens (tertiary/aromatic N) is 3. The van der Waals surface area contributed by atoms with Gasteiger partial charge >= 0.3 is 10.3 Å². The summed E-state index contributed by atoms with van der Waals surface area (Å²) < 4.78 is 37.1. The summed E-state index contributed by atoms with van der Waals surface area (Å²) in [6, 6.07) is 3.99. The average Bonchev–Trinajstić information content (AvgIpc) is 2.99. The fraction of sp³-hybridized carbons (Fsp3) is 0.609. The molecule has 1 aromatic heterocycles. The molecular formula is C23H33N3O4S. The molecule has 7 nitrogen and oxygen atoms in total. The van der Waals surface area contributed by atoms with E-state index in [1.807, 2.05) is 32.9 Å². The van der Waals surface area contributed by atoms with E-state index in [1.165, 1.54) is 4.31 Å². The Kier molecular flexibility index (Phi) is 6.05. The Morgan fingerprint density at radius 3 is 2.10 bits per heavy atom. The van der Waals surface area contributed by atoms with E-state index in [1.54, 1.807) is 16.4 Å². The lowest BCUT2D eigenvalue weighted by atomic mass is 9.95. The number of fused-ring (bicyclic) bond motifs is 1. The predicted octanol–water partition coefficient (Wildman–Crippen LogP) is 3.92. The molecule has 2 aromatic rings. The molecule has 0 N–H and O–H groups in total. The molecule has 2 aliphatic rings. The highest BCUT2D eigenvalue weighted by atomic mass is 32.2. The first-order valence-corrected chi connectivity index (χ1v) is 12.7. The summed E-state index contributed by atoms with van der Waals surface area (Å²) in [7, 11) is -2.44. The Labute approximate surface area is 184 Å². The molecule has 1 fully saturated rings. The second-order valence-electron chi connectivity index (χ2n) is 9.06. The normalized spacial score (nSPS) is 17.7. The molecule has 1 saturated carbocycles. The molecule has 2 heterocycles. The Morgan fingerprint density at radius 1 is 0.903 bits per heavy atom. The van der Waals surface area contributed by atoms with Crippen molar-refractivity contribution in [2.24, 2.45) is 0 Å². The van der Waals surface area contributed by atoms with Crippen molar-refractivity contribution in [3.8, 4) is 17.0 Å². The van der Waals surface area contributed by atoms with Crippen molar-refractivity contribution in [2.75, 3.05) is 7.05 Å². The molecule has 0 atom stereocenters. The molecule has 170 valence electrons. The van der Waals surface area contributed by atoms with Gasteiger partial charge in [0.25, 0.3) is 5.56 Å². The zero-order valence-corrected chi connectivity index (χ0v) is 19.8. The van der Waals surface area contributed by atoms with Gasteiger partial charge in [-0.15, -0.1) is 0 Å². The zero-order valence-electron chi connectivity index (χ0n) is 19.0. The lowest BCUT2D eigenvalue weighted by molar-refractivity contribution is 0.258. The number of aryl methyl sites for hydroxylation is 3. The fourth-order valence-electron chi connectivity index (χ4n) is 5.20. The first-order valence-electron chi connectivity index (χ1n) is 11.3. The van der Waals surface area contributed by atoms with E-state index < -0.39 is 10.3 Å². The summed E-state index contributed by atoms with van der Waals surface area (Å²) in [4.78, 5) is 13.4. The number of benzene rings is 1. The molecule has 0 radical (unpaired) electrons. The Bertz CT molecular complexity index is 1120. The van der Waals surface area contributed by atoms with Crippen LogP contribution in [0.25, 0.3) is 11.1 Å². The van der Waals surface area contributed by atoms with Crippen LogP contribution in [0.5, 0.6) is 5.88 Å². The van der Waals surface area contributed by atoms with Crippen molar-refractivity contribution in [1.82, 2.24) is 13.7 Å². The first kappa shape index (κ1) is 22.1. The van der Waals surface area contributed by atoms with Crippen molar-refractivity contribution in [3.63, 3.8) is 0 Å². The Hall–Kier alpha value is -2.06. The second kappa shape index (κ2) is 8.47. The third-order valence-electron chi connectivity index (χ3n) is 6.73. The maximum Gasteiger partial charge on any atom is 0.386 e. The van der Waals surface area contributed by atoms with Crippen molar-refractivity contribution in [3.05, 3.63) is 39.2 Å². The molecule has 0 amide bonds. The van der Waals surface area contributed by atoms with E-state index in [2.05, 4.69) is 0 Å². The lowest BCUT2D eigenvalue weighted by Crippen LogP contribution is -2.41. The molecule has 8 heteroatoms. The van der Waals surface area contributed by atoms with Crippen LogP contribution in [0.2, 0.25) is 0 Å². The highest BCUT2D eigenvalue weighted by Crippen LogP contribution is 2.36. The number of aromatic nitrogens is 2. The summed E-state index contributed by atoms with van der Waals surface area (Å²) in [6.45, 7) is 7.07. The third kappa shape index (κ3) is 4.07. The molecule has 31 heavy (non-hydrogen) atoms. The number of hydrogen-bond acceptors (Lipinski definition) is 4. The van der Waals surface area contributed by atoms with Crippen LogP contribution in [0.4, 0.5) is 0 Å². The largest absolute Gasteiger partial charge is 0.386 e. The molecule has 1 aliphatic carbocycles. The van der Waals surface area contributed by atoms with Crippen LogP contribution in [-0.4, -0.2) is 35.2 Å². The maximum absolute atomic E-state index is 13.4. The number of hydrogen-bond donors (Lipinski definition) is 0. The standard InChI is InChI=1S/C23H33N3O4S/c1-16-14-17(2)20(18(3)15-16)21-22(27)25-12-8-9-13-26(25)23(21)30-31(28,29)24(4)19-10-6-5-7-11-19/h14-15,19H,5-13H2,1-4H3. The van der Waals surface area contributed by atoms with Gasteiger partial charge in [-0.25, -0.2) is 9.36 Å². The average molecular weight is 448 g/mol. The van der Waals surface area contributed by atoms with Crippen molar-refractivity contribution >= 4 is 10.3 Å². The van der Waals surface area contributed by atoms with Gasteiger partial charge in [-0.2, -0.15) is 12.7 Å². The van der Waals surface area contributed by atoms with Crippen LogP contribution in [0.3, 0.4) is 0 Å². The molecule has 0 spiro atoms. The van der Waals surface area contributed by atoms with Gasteiger partial charge in [-0.1, -0.05) is 37.0 Å². The van der Waals surface area contributed by atoms with Crippen LogP contribution < -0.4 is 9.74 Å². The van der Waals surface area contributed by atoms with Crippen LogP contribution in [0.1, 0.15) is 61.6 Å². The SMILES string of the molecule is Cc1cc(C)c(-c2c(OS(=O)(=O)N(C)C3CCCCC3)n3n(c2=O)CCCC3)c(C)c1. The van der Waals surface area contributed by atoms with E-state index in [-0.39, 0.29) is 17.5 Å². The van der Waals surface area contributed by atoms with E-state index >= 15 is 0 Å². The van der Waals surface area contributed by atoms with Gasteiger partial charge in [0.2, 0.25) is 5.88 Å². The van der Waals surface area contributed by atoms with E-state index in [9.17, 15) is 13.2 Å². The van der Waals surface area contributed by atoms with Gasteiger partial charge < -0.3 is 4.18 Å². The van der Waals surface area contributed by atoms with Gasteiger partial charge in [0, 0.05) is 26.2 Å². The minimum absolute atomic E-state index is 0.0554.